The standard InChI is InChI=1S/C17H22INO/c1-4-13-5-7-14(8-6-13)17(12(2)3)19-11-15-9-10-16(18)20-15/h5-10,12,17,19H,4,11H2,1-3H3. The highest BCUT2D eigenvalue weighted by Crippen LogP contribution is 2.23. The van der Waals surface area contributed by atoms with Gasteiger partial charge in [-0.2, -0.15) is 0 Å². The lowest BCUT2D eigenvalue weighted by Gasteiger charge is -2.22. The molecule has 1 aromatic heterocycles. The quantitative estimate of drug-likeness (QED) is 0.716. The summed E-state index contributed by atoms with van der Waals surface area (Å²) in [7, 11) is 0. The first-order valence-corrected chi connectivity index (χ1v) is 8.24. The first kappa shape index (κ1) is 15.6. The highest BCUT2D eigenvalue weighted by Gasteiger charge is 2.15. The van der Waals surface area contributed by atoms with E-state index in [9.17, 15) is 0 Å². The van der Waals surface area contributed by atoms with Crippen LogP contribution in [0.4, 0.5) is 0 Å². The van der Waals surface area contributed by atoms with Gasteiger partial charge >= 0.3 is 0 Å². The molecule has 0 amide bonds. The molecule has 1 aromatic carbocycles. The van der Waals surface area contributed by atoms with Crippen LogP contribution in [0.1, 0.15) is 43.7 Å². The number of aryl methyl sites for hydroxylation is 1. The van der Waals surface area contributed by atoms with Crippen LogP contribution >= 0.6 is 22.6 Å². The lowest BCUT2D eigenvalue weighted by molar-refractivity contribution is 0.379. The number of rotatable bonds is 6. The minimum Gasteiger partial charge on any atom is -0.454 e. The number of hydrogen-bond acceptors (Lipinski definition) is 2. The zero-order valence-electron chi connectivity index (χ0n) is 12.3. The second-order valence-corrected chi connectivity index (χ2v) is 6.47. The second kappa shape index (κ2) is 7.27. The molecule has 20 heavy (non-hydrogen) atoms. The van der Waals surface area contributed by atoms with Crippen LogP contribution in [0.2, 0.25) is 0 Å². The fourth-order valence-electron chi connectivity index (χ4n) is 2.36. The molecule has 108 valence electrons. The second-order valence-electron chi connectivity index (χ2n) is 5.40. The summed E-state index contributed by atoms with van der Waals surface area (Å²) < 4.78 is 6.55. The summed E-state index contributed by atoms with van der Waals surface area (Å²) in [6.45, 7) is 7.45. The van der Waals surface area contributed by atoms with E-state index >= 15 is 0 Å². The van der Waals surface area contributed by atoms with Crippen molar-refractivity contribution in [1.82, 2.24) is 5.32 Å². The molecule has 1 N–H and O–H groups in total. The molecular formula is C17H22INO. The number of hydrogen-bond donors (Lipinski definition) is 1. The van der Waals surface area contributed by atoms with Gasteiger partial charge in [0.1, 0.15) is 5.76 Å². The zero-order valence-corrected chi connectivity index (χ0v) is 14.5. The lowest BCUT2D eigenvalue weighted by Crippen LogP contribution is -2.25. The molecule has 0 spiro atoms. The van der Waals surface area contributed by atoms with E-state index < -0.39 is 0 Å². The molecule has 3 heteroatoms. The molecule has 0 radical (unpaired) electrons. The van der Waals surface area contributed by atoms with E-state index in [4.69, 9.17) is 4.42 Å². The van der Waals surface area contributed by atoms with Gasteiger partial charge in [-0.25, -0.2) is 0 Å². The van der Waals surface area contributed by atoms with Crippen molar-refractivity contribution in [2.75, 3.05) is 0 Å². The molecule has 0 saturated heterocycles. The third-order valence-corrected chi connectivity index (χ3v) is 4.12. The molecule has 2 rings (SSSR count). The Morgan fingerprint density at radius 2 is 1.80 bits per heavy atom. The van der Waals surface area contributed by atoms with Gasteiger partial charge in [0.25, 0.3) is 0 Å². The maximum atomic E-state index is 5.61. The van der Waals surface area contributed by atoms with Gasteiger partial charge in [-0.1, -0.05) is 45.0 Å². The first-order chi connectivity index (χ1) is 9.60. The van der Waals surface area contributed by atoms with Crippen molar-refractivity contribution in [3.8, 4) is 0 Å². The Morgan fingerprint density at radius 3 is 2.30 bits per heavy atom. The molecule has 1 heterocycles. The fraction of sp³-hybridized carbons (Fsp3) is 0.412. The van der Waals surface area contributed by atoms with E-state index in [1.54, 1.807) is 0 Å². The molecule has 0 fully saturated rings. The van der Waals surface area contributed by atoms with Crippen molar-refractivity contribution in [3.05, 3.63) is 57.1 Å². The molecule has 0 aliphatic heterocycles. The smallest absolute Gasteiger partial charge is 0.164 e. The van der Waals surface area contributed by atoms with E-state index in [0.717, 1.165) is 22.5 Å². The van der Waals surface area contributed by atoms with E-state index in [1.807, 2.05) is 12.1 Å². The molecular weight excluding hydrogens is 361 g/mol. The zero-order chi connectivity index (χ0) is 14.5. The molecule has 2 aromatic rings. The third kappa shape index (κ3) is 4.09. The average molecular weight is 383 g/mol. The summed E-state index contributed by atoms with van der Waals surface area (Å²) in [5.41, 5.74) is 2.73. The minimum atomic E-state index is 0.351. The molecule has 2 nitrogen and oxygen atoms in total. The van der Waals surface area contributed by atoms with Crippen LogP contribution in [0.25, 0.3) is 0 Å². The van der Waals surface area contributed by atoms with Crippen LogP contribution in [0.3, 0.4) is 0 Å². The summed E-state index contributed by atoms with van der Waals surface area (Å²) in [4.78, 5) is 0. The Balaban J connectivity index is 2.06. The predicted molar refractivity (Wildman–Crippen MR) is 91.7 cm³/mol. The van der Waals surface area contributed by atoms with Crippen molar-refractivity contribution in [1.29, 1.82) is 0 Å². The first-order valence-electron chi connectivity index (χ1n) is 7.16. The summed E-state index contributed by atoms with van der Waals surface area (Å²) in [5, 5.41) is 3.61. The van der Waals surface area contributed by atoms with Crippen LogP contribution in [-0.2, 0) is 13.0 Å². The van der Waals surface area contributed by atoms with Crippen molar-refractivity contribution >= 4 is 22.6 Å². The molecule has 0 aliphatic carbocycles. The highest BCUT2D eigenvalue weighted by molar-refractivity contribution is 14.1. The summed E-state index contributed by atoms with van der Waals surface area (Å²) >= 11 is 2.20. The van der Waals surface area contributed by atoms with Crippen molar-refractivity contribution in [2.45, 2.75) is 39.8 Å². The lowest BCUT2D eigenvalue weighted by atomic mass is 9.95. The summed E-state index contributed by atoms with van der Waals surface area (Å²) in [5.74, 6) is 1.53. The van der Waals surface area contributed by atoms with E-state index in [1.165, 1.54) is 11.1 Å². The number of furan rings is 1. The molecule has 0 saturated carbocycles. The van der Waals surface area contributed by atoms with Gasteiger partial charge in [0.15, 0.2) is 3.77 Å². The Hall–Kier alpha value is -0.810. The number of nitrogens with one attached hydrogen (secondary N) is 1. The van der Waals surface area contributed by atoms with Gasteiger partial charge in [0.05, 0.1) is 6.54 Å². The van der Waals surface area contributed by atoms with Crippen LogP contribution < -0.4 is 5.32 Å². The average Bonchev–Trinajstić information content (AvgIpc) is 2.85. The van der Waals surface area contributed by atoms with Gasteiger partial charge in [-0.15, -0.1) is 0 Å². The van der Waals surface area contributed by atoms with Crippen molar-refractivity contribution in [3.63, 3.8) is 0 Å². The SMILES string of the molecule is CCc1ccc(C(NCc2ccc(I)o2)C(C)C)cc1. The summed E-state index contributed by atoms with van der Waals surface area (Å²) in [6, 6.07) is 13.3. The maximum absolute atomic E-state index is 5.61. The fourth-order valence-corrected chi connectivity index (χ4v) is 2.82. The van der Waals surface area contributed by atoms with E-state index in [0.29, 0.717) is 12.0 Å². The Kier molecular flexibility index (Phi) is 5.66. The molecule has 1 unspecified atom stereocenters. The van der Waals surface area contributed by atoms with Gasteiger partial charge in [0, 0.05) is 6.04 Å². The van der Waals surface area contributed by atoms with E-state index in [2.05, 4.69) is 72.9 Å². The predicted octanol–water partition coefficient (Wildman–Crippen LogP) is 4.93. The Labute approximate surface area is 135 Å². The number of benzene rings is 1. The van der Waals surface area contributed by atoms with Crippen molar-refractivity contribution < 1.29 is 4.42 Å². The topological polar surface area (TPSA) is 25.2 Å². The van der Waals surface area contributed by atoms with E-state index in [-0.39, 0.29) is 0 Å². The van der Waals surface area contributed by atoms with Crippen LogP contribution in [0.15, 0.2) is 40.8 Å². The minimum absolute atomic E-state index is 0.351. The van der Waals surface area contributed by atoms with Gasteiger partial charge < -0.3 is 9.73 Å². The highest BCUT2D eigenvalue weighted by atomic mass is 127. The third-order valence-electron chi connectivity index (χ3n) is 3.54. The van der Waals surface area contributed by atoms with Crippen LogP contribution in [0, 0.1) is 9.68 Å². The normalized spacial score (nSPS) is 12.8. The van der Waals surface area contributed by atoms with Gasteiger partial charge in [0.2, 0.25) is 0 Å². The Bertz CT molecular complexity index is 530. The number of halogens is 1. The monoisotopic (exact) mass is 383 g/mol. The van der Waals surface area contributed by atoms with Crippen LogP contribution in [0.5, 0.6) is 0 Å². The van der Waals surface area contributed by atoms with Gasteiger partial charge in [-0.05, 0) is 58.2 Å². The molecule has 0 bridgehead atoms. The largest absolute Gasteiger partial charge is 0.454 e. The Morgan fingerprint density at radius 1 is 1.10 bits per heavy atom. The van der Waals surface area contributed by atoms with Gasteiger partial charge in [-0.3, -0.25) is 0 Å². The maximum Gasteiger partial charge on any atom is 0.164 e. The van der Waals surface area contributed by atoms with Crippen molar-refractivity contribution in [2.24, 2.45) is 5.92 Å². The molecule has 1 atom stereocenters. The van der Waals surface area contributed by atoms with Crippen LogP contribution in [-0.4, -0.2) is 0 Å². The summed E-state index contributed by atoms with van der Waals surface area (Å²) in [6.07, 6.45) is 1.09. The molecule has 0 aliphatic rings.